The van der Waals surface area contributed by atoms with Crippen molar-refractivity contribution in [3.63, 3.8) is 0 Å². The van der Waals surface area contributed by atoms with Gasteiger partial charge in [-0.1, -0.05) is 53.6 Å². The van der Waals surface area contributed by atoms with Gasteiger partial charge in [0.05, 0.1) is 10.7 Å². The van der Waals surface area contributed by atoms with E-state index in [1.807, 2.05) is 31.2 Å². The van der Waals surface area contributed by atoms with Crippen molar-refractivity contribution in [2.45, 2.75) is 13.3 Å². The van der Waals surface area contributed by atoms with Crippen molar-refractivity contribution >= 4 is 23.2 Å². The molecule has 0 fully saturated rings. The van der Waals surface area contributed by atoms with E-state index in [2.05, 4.69) is 16.7 Å². The van der Waals surface area contributed by atoms with Crippen LogP contribution in [0, 0.1) is 18.3 Å². The Bertz CT molecular complexity index is 793. The number of benzene rings is 2. The van der Waals surface area contributed by atoms with E-state index in [-0.39, 0.29) is 5.57 Å². The van der Waals surface area contributed by atoms with Gasteiger partial charge < -0.3 is 10.6 Å². The van der Waals surface area contributed by atoms with Gasteiger partial charge in [-0.15, -0.1) is 0 Å². The SMILES string of the molecule is Cc1cccc(CCN/C=C(/C#N)C(=O)Nc2ccccc2Cl)c1. The molecular formula is C19H18ClN3O. The lowest BCUT2D eigenvalue weighted by Gasteiger charge is -2.07. The minimum Gasteiger partial charge on any atom is -0.389 e. The number of amides is 1. The number of halogens is 1. The first-order valence-electron chi connectivity index (χ1n) is 7.55. The van der Waals surface area contributed by atoms with Crippen LogP contribution in [0.4, 0.5) is 5.69 Å². The topological polar surface area (TPSA) is 64.9 Å². The second-order valence-corrected chi connectivity index (χ2v) is 5.70. The molecule has 5 heteroatoms. The average molecular weight is 340 g/mol. The van der Waals surface area contributed by atoms with Crippen LogP contribution >= 0.6 is 11.6 Å². The molecule has 24 heavy (non-hydrogen) atoms. The Morgan fingerprint density at radius 2 is 2.04 bits per heavy atom. The van der Waals surface area contributed by atoms with Gasteiger partial charge in [0, 0.05) is 12.7 Å². The highest BCUT2D eigenvalue weighted by Gasteiger charge is 2.10. The first-order valence-corrected chi connectivity index (χ1v) is 7.93. The molecule has 2 aromatic carbocycles. The highest BCUT2D eigenvalue weighted by atomic mass is 35.5. The predicted octanol–water partition coefficient (Wildman–Crippen LogP) is 3.83. The number of nitriles is 1. The molecule has 0 saturated carbocycles. The first-order chi connectivity index (χ1) is 11.6. The number of anilines is 1. The van der Waals surface area contributed by atoms with Gasteiger partial charge in [0.15, 0.2) is 0 Å². The van der Waals surface area contributed by atoms with Crippen LogP contribution < -0.4 is 10.6 Å². The lowest BCUT2D eigenvalue weighted by Crippen LogP contribution is -2.18. The minimum atomic E-state index is -0.492. The molecule has 122 valence electrons. The van der Waals surface area contributed by atoms with E-state index < -0.39 is 5.91 Å². The molecule has 4 nitrogen and oxygen atoms in total. The minimum absolute atomic E-state index is 0.000776. The van der Waals surface area contributed by atoms with Gasteiger partial charge in [0.25, 0.3) is 5.91 Å². The molecular weight excluding hydrogens is 322 g/mol. The van der Waals surface area contributed by atoms with Crippen molar-refractivity contribution in [3.05, 3.63) is 76.5 Å². The summed E-state index contributed by atoms with van der Waals surface area (Å²) in [5.74, 6) is -0.492. The summed E-state index contributed by atoms with van der Waals surface area (Å²) in [6.07, 6.45) is 2.24. The van der Waals surface area contributed by atoms with Gasteiger partial charge in [-0.25, -0.2) is 0 Å². The van der Waals surface area contributed by atoms with Crippen LogP contribution in [-0.2, 0) is 11.2 Å². The summed E-state index contributed by atoms with van der Waals surface area (Å²) in [6, 6.07) is 17.0. The number of rotatable bonds is 6. The van der Waals surface area contributed by atoms with Gasteiger partial charge >= 0.3 is 0 Å². The Balaban J connectivity index is 1.90. The van der Waals surface area contributed by atoms with E-state index in [9.17, 15) is 4.79 Å². The first kappa shape index (κ1) is 17.6. The normalized spacial score (nSPS) is 10.8. The van der Waals surface area contributed by atoms with E-state index in [1.165, 1.54) is 17.3 Å². The van der Waals surface area contributed by atoms with Crippen LogP contribution in [-0.4, -0.2) is 12.5 Å². The second kappa shape index (κ2) is 8.76. The van der Waals surface area contributed by atoms with Crippen molar-refractivity contribution in [3.8, 4) is 6.07 Å². The van der Waals surface area contributed by atoms with Crippen molar-refractivity contribution in [2.24, 2.45) is 0 Å². The van der Waals surface area contributed by atoms with Crippen LogP contribution in [0.15, 0.2) is 60.3 Å². The molecule has 0 spiro atoms. The largest absolute Gasteiger partial charge is 0.389 e. The van der Waals surface area contributed by atoms with Crippen LogP contribution in [0.25, 0.3) is 0 Å². The monoisotopic (exact) mass is 339 g/mol. The van der Waals surface area contributed by atoms with E-state index in [0.717, 1.165) is 6.42 Å². The maximum absolute atomic E-state index is 12.1. The maximum Gasteiger partial charge on any atom is 0.267 e. The lowest BCUT2D eigenvalue weighted by molar-refractivity contribution is -0.112. The third kappa shape index (κ3) is 5.15. The Morgan fingerprint density at radius 1 is 1.25 bits per heavy atom. The molecule has 1 amide bonds. The molecule has 2 aromatic rings. The number of nitrogens with zero attached hydrogens (tertiary/aromatic N) is 1. The van der Waals surface area contributed by atoms with Gasteiger partial charge in [0.1, 0.15) is 11.6 Å². The molecule has 0 heterocycles. The zero-order valence-electron chi connectivity index (χ0n) is 13.3. The number of nitrogens with one attached hydrogen (secondary N) is 2. The molecule has 0 radical (unpaired) electrons. The quantitative estimate of drug-likeness (QED) is 0.477. The highest BCUT2D eigenvalue weighted by molar-refractivity contribution is 6.33. The van der Waals surface area contributed by atoms with Gasteiger partial charge in [-0.3, -0.25) is 4.79 Å². The summed E-state index contributed by atoms with van der Waals surface area (Å²) < 4.78 is 0. The maximum atomic E-state index is 12.1. The van der Waals surface area contributed by atoms with Gasteiger partial charge in [-0.2, -0.15) is 5.26 Å². The molecule has 0 atom stereocenters. The number of carbonyl (C=O) groups excluding carboxylic acids is 1. The van der Waals surface area contributed by atoms with E-state index in [1.54, 1.807) is 24.3 Å². The summed E-state index contributed by atoms with van der Waals surface area (Å²) >= 11 is 5.99. The Hall–Kier alpha value is -2.77. The Kier molecular flexibility index (Phi) is 6.41. The van der Waals surface area contributed by atoms with E-state index in [0.29, 0.717) is 17.3 Å². The second-order valence-electron chi connectivity index (χ2n) is 5.30. The predicted molar refractivity (Wildman–Crippen MR) is 96.7 cm³/mol. The van der Waals surface area contributed by atoms with Crippen LogP contribution in [0.5, 0.6) is 0 Å². The number of hydrogen-bond acceptors (Lipinski definition) is 3. The fourth-order valence-electron chi connectivity index (χ4n) is 2.16. The van der Waals surface area contributed by atoms with Crippen molar-refractivity contribution in [1.82, 2.24) is 5.32 Å². The molecule has 0 aliphatic carbocycles. The lowest BCUT2D eigenvalue weighted by atomic mass is 10.1. The van der Waals surface area contributed by atoms with Gasteiger partial charge in [0.2, 0.25) is 0 Å². The number of para-hydroxylation sites is 1. The standard InChI is InChI=1S/C19H18ClN3O/c1-14-5-4-6-15(11-14)9-10-22-13-16(12-21)19(24)23-18-8-3-2-7-17(18)20/h2-8,11,13,22H,9-10H2,1H3,(H,23,24)/b16-13-. The third-order valence-electron chi connectivity index (χ3n) is 3.37. The average Bonchev–Trinajstić information content (AvgIpc) is 2.57. The zero-order chi connectivity index (χ0) is 17.4. The van der Waals surface area contributed by atoms with Crippen molar-refractivity contribution in [2.75, 3.05) is 11.9 Å². The van der Waals surface area contributed by atoms with E-state index >= 15 is 0 Å². The molecule has 0 saturated heterocycles. The molecule has 0 aliphatic rings. The zero-order valence-corrected chi connectivity index (χ0v) is 14.1. The number of hydrogen-bond donors (Lipinski definition) is 2. The fourth-order valence-corrected chi connectivity index (χ4v) is 2.34. The fraction of sp³-hybridized carbons (Fsp3) is 0.158. The van der Waals surface area contributed by atoms with Gasteiger partial charge in [-0.05, 0) is 31.0 Å². The van der Waals surface area contributed by atoms with E-state index in [4.69, 9.17) is 16.9 Å². The van der Waals surface area contributed by atoms with Crippen molar-refractivity contribution in [1.29, 1.82) is 5.26 Å². The molecule has 0 unspecified atom stereocenters. The van der Waals surface area contributed by atoms with Crippen LogP contribution in [0.1, 0.15) is 11.1 Å². The Labute approximate surface area is 146 Å². The smallest absolute Gasteiger partial charge is 0.267 e. The molecule has 0 aromatic heterocycles. The van der Waals surface area contributed by atoms with Crippen LogP contribution in [0.2, 0.25) is 5.02 Å². The molecule has 2 rings (SSSR count). The molecule has 0 bridgehead atoms. The summed E-state index contributed by atoms with van der Waals surface area (Å²) in [5.41, 5.74) is 2.89. The number of carbonyl (C=O) groups is 1. The summed E-state index contributed by atoms with van der Waals surface area (Å²) in [7, 11) is 0. The molecule has 0 aliphatic heterocycles. The number of aryl methyl sites for hydroxylation is 1. The van der Waals surface area contributed by atoms with Crippen LogP contribution in [0.3, 0.4) is 0 Å². The summed E-state index contributed by atoms with van der Waals surface area (Å²) in [4.78, 5) is 12.1. The molecule has 2 N–H and O–H groups in total. The Morgan fingerprint density at radius 3 is 2.75 bits per heavy atom. The summed E-state index contributed by atoms with van der Waals surface area (Å²) in [6.45, 7) is 2.68. The highest BCUT2D eigenvalue weighted by Crippen LogP contribution is 2.20. The third-order valence-corrected chi connectivity index (χ3v) is 3.70. The van der Waals surface area contributed by atoms with Crippen molar-refractivity contribution < 1.29 is 4.79 Å². The summed E-state index contributed by atoms with van der Waals surface area (Å²) in [5, 5.41) is 15.2.